The summed E-state index contributed by atoms with van der Waals surface area (Å²) >= 11 is 0. The maximum atomic E-state index is 12.7. The predicted octanol–water partition coefficient (Wildman–Crippen LogP) is 4.90. The van der Waals surface area contributed by atoms with Crippen molar-refractivity contribution < 1.29 is 9.53 Å². The molecule has 0 unspecified atom stereocenters. The third kappa shape index (κ3) is 4.22. The van der Waals surface area contributed by atoms with E-state index in [4.69, 9.17) is 9.73 Å². The van der Waals surface area contributed by atoms with Gasteiger partial charge in [-0.25, -0.2) is 4.98 Å². The molecule has 4 aromatic rings. The Kier molecular flexibility index (Phi) is 5.13. The summed E-state index contributed by atoms with van der Waals surface area (Å²) in [6, 6.07) is 16.6. The first kappa shape index (κ1) is 19.6. The van der Waals surface area contributed by atoms with Crippen molar-refractivity contribution in [2.24, 2.45) is 4.99 Å². The lowest BCUT2D eigenvalue weighted by Gasteiger charge is -2.08. The summed E-state index contributed by atoms with van der Waals surface area (Å²) in [5, 5.41) is 2.94. The summed E-state index contributed by atoms with van der Waals surface area (Å²) < 4.78 is 5.68. The summed E-state index contributed by atoms with van der Waals surface area (Å²) in [6.07, 6.45) is 7.51. The summed E-state index contributed by atoms with van der Waals surface area (Å²) in [5.74, 6) is 0.782. The quantitative estimate of drug-likeness (QED) is 0.495. The Morgan fingerprint density at radius 2 is 1.88 bits per heavy atom. The molecule has 0 aliphatic carbocycles. The van der Waals surface area contributed by atoms with Crippen LogP contribution in [-0.2, 0) is 6.42 Å². The normalized spacial score (nSPS) is 12.1. The maximum Gasteiger partial charge on any atom is 0.255 e. The highest BCUT2D eigenvalue weighted by Crippen LogP contribution is 2.31. The number of aromatic nitrogens is 3. The van der Waals surface area contributed by atoms with Gasteiger partial charge in [-0.05, 0) is 55.0 Å². The highest BCUT2D eigenvalue weighted by molar-refractivity contribution is 6.07. The summed E-state index contributed by atoms with van der Waals surface area (Å²) in [5.41, 5.74) is 5.96. The fourth-order valence-electron chi connectivity index (χ4n) is 3.45. The second-order valence-electron chi connectivity index (χ2n) is 7.40. The molecule has 7 nitrogen and oxygen atoms in total. The molecule has 156 valence electrons. The van der Waals surface area contributed by atoms with E-state index in [2.05, 4.69) is 20.3 Å². The van der Waals surface area contributed by atoms with E-state index in [1.165, 1.54) is 0 Å². The number of ether oxygens (including phenoxy) is 1. The topological polar surface area (TPSA) is 89.4 Å². The van der Waals surface area contributed by atoms with Crippen molar-refractivity contribution in [1.29, 1.82) is 0 Å². The number of amides is 1. The molecule has 0 saturated heterocycles. The molecule has 3 heterocycles. The van der Waals surface area contributed by atoms with E-state index in [0.29, 0.717) is 22.9 Å². The zero-order valence-corrected chi connectivity index (χ0v) is 17.3. The Bertz CT molecular complexity index is 1320. The van der Waals surface area contributed by atoms with Gasteiger partial charge in [-0.15, -0.1) is 0 Å². The zero-order valence-electron chi connectivity index (χ0n) is 17.3. The van der Waals surface area contributed by atoms with E-state index in [0.717, 1.165) is 34.6 Å². The summed E-state index contributed by atoms with van der Waals surface area (Å²) in [4.78, 5) is 29.9. The van der Waals surface area contributed by atoms with Crippen molar-refractivity contribution >= 4 is 23.0 Å². The lowest BCUT2D eigenvalue weighted by molar-refractivity contribution is 0.102. The van der Waals surface area contributed by atoms with Crippen LogP contribution >= 0.6 is 0 Å². The molecule has 1 N–H and O–H groups in total. The minimum Gasteiger partial charge on any atom is -0.437 e. The van der Waals surface area contributed by atoms with Gasteiger partial charge in [0.25, 0.3) is 5.91 Å². The van der Waals surface area contributed by atoms with Crippen LogP contribution in [0.3, 0.4) is 0 Å². The Balaban J connectivity index is 1.27. The third-order valence-electron chi connectivity index (χ3n) is 5.02. The first-order valence-corrected chi connectivity index (χ1v) is 10.1. The molecule has 2 aromatic heterocycles. The molecular weight excluding hydrogens is 402 g/mol. The number of carbonyl (C=O) groups excluding carboxylic acids is 1. The van der Waals surface area contributed by atoms with Gasteiger partial charge < -0.3 is 10.1 Å². The van der Waals surface area contributed by atoms with Crippen LogP contribution in [0.5, 0.6) is 11.6 Å². The molecule has 1 aliphatic rings. The van der Waals surface area contributed by atoms with Crippen LogP contribution in [0.15, 0.2) is 84.4 Å². The Labute approximate surface area is 184 Å². The number of hydrogen-bond donors (Lipinski definition) is 1. The van der Waals surface area contributed by atoms with Crippen LogP contribution in [0.25, 0.3) is 0 Å². The molecular formula is C25H19N5O2. The Morgan fingerprint density at radius 3 is 2.66 bits per heavy atom. The first-order chi connectivity index (χ1) is 15.6. The van der Waals surface area contributed by atoms with Crippen molar-refractivity contribution in [3.05, 3.63) is 102 Å². The van der Waals surface area contributed by atoms with Gasteiger partial charge in [0, 0.05) is 41.8 Å². The van der Waals surface area contributed by atoms with E-state index in [1.54, 1.807) is 42.9 Å². The standard InChI is InChI=1S/C25H19N5O2/c1-16-13-27-15-24(28-16)32-21-8-5-17(6-9-21)25(31)29-20-7-4-18-11-22(30-23(18)12-20)19-3-2-10-26-14-19/h2-10,12-15H,11H2,1H3,(H,29,31). The second kappa shape index (κ2) is 8.39. The van der Waals surface area contributed by atoms with E-state index >= 15 is 0 Å². The third-order valence-corrected chi connectivity index (χ3v) is 5.02. The van der Waals surface area contributed by atoms with Gasteiger partial charge in [0.05, 0.1) is 23.3 Å². The number of nitrogens with one attached hydrogen (secondary N) is 1. The van der Waals surface area contributed by atoms with Gasteiger partial charge in [-0.2, -0.15) is 0 Å². The molecule has 0 saturated carbocycles. The average molecular weight is 421 g/mol. The van der Waals surface area contributed by atoms with Crippen molar-refractivity contribution in [3.8, 4) is 11.6 Å². The molecule has 0 spiro atoms. The lowest BCUT2D eigenvalue weighted by atomic mass is 10.1. The lowest BCUT2D eigenvalue weighted by Crippen LogP contribution is -2.11. The number of hydrogen-bond acceptors (Lipinski definition) is 6. The molecule has 1 amide bonds. The fraction of sp³-hybridized carbons (Fsp3) is 0.0800. The van der Waals surface area contributed by atoms with Crippen LogP contribution in [0.4, 0.5) is 11.4 Å². The molecule has 32 heavy (non-hydrogen) atoms. The van der Waals surface area contributed by atoms with Crippen molar-refractivity contribution in [3.63, 3.8) is 0 Å². The van der Waals surface area contributed by atoms with E-state index in [9.17, 15) is 4.79 Å². The van der Waals surface area contributed by atoms with Gasteiger partial charge in [-0.3, -0.25) is 19.8 Å². The molecule has 1 aliphatic heterocycles. The minimum atomic E-state index is -0.207. The average Bonchev–Trinajstić information content (AvgIpc) is 3.24. The number of rotatable bonds is 5. The molecule has 5 rings (SSSR count). The number of pyridine rings is 1. The number of carbonyl (C=O) groups is 1. The van der Waals surface area contributed by atoms with Crippen molar-refractivity contribution in [1.82, 2.24) is 15.0 Å². The number of fused-ring (bicyclic) bond motifs is 1. The van der Waals surface area contributed by atoms with Gasteiger partial charge in [0.15, 0.2) is 0 Å². The largest absolute Gasteiger partial charge is 0.437 e. The maximum absolute atomic E-state index is 12.7. The number of nitrogens with zero attached hydrogens (tertiary/aromatic N) is 4. The number of aryl methyl sites for hydroxylation is 1. The van der Waals surface area contributed by atoms with Crippen molar-refractivity contribution in [2.75, 3.05) is 5.32 Å². The summed E-state index contributed by atoms with van der Waals surface area (Å²) in [7, 11) is 0. The first-order valence-electron chi connectivity index (χ1n) is 10.1. The minimum absolute atomic E-state index is 0.207. The smallest absolute Gasteiger partial charge is 0.255 e. The van der Waals surface area contributed by atoms with E-state index in [-0.39, 0.29) is 5.91 Å². The van der Waals surface area contributed by atoms with Crippen LogP contribution in [0, 0.1) is 6.92 Å². The molecule has 0 fully saturated rings. The van der Waals surface area contributed by atoms with E-state index in [1.807, 2.05) is 43.5 Å². The molecule has 0 bridgehead atoms. The zero-order chi connectivity index (χ0) is 21.9. The van der Waals surface area contributed by atoms with Gasteiger partial charge in [-0.1, -0.05) is 12.1 Å². The Morgan fingerprint density at radius 1 is 1.00 bits per heavy atom. The van der Waals surface area contributed by atoms with Gasteiger partial charge in [0.1, 0.15) is 5.75 Å². The van der Waals surface area contributed by atoms with Crippen LogP contribution in [0.2, 0.25) is 0 Å². The van der Waals surface area contributed by atoms with Crippen LogP contribution in [-0.4, -0.2) is 26.6 Å². The second-order valence-corrected chi connectivity index (χ2v) is 7.40. The molecule has 0 atom stereocenters. The SMILES string of the molecule is Cc1cncc(Oc2ccc(C(=O)Nc3ccc4c(c3)N=C(c3cccnc3)C4)cc2)n1. The van der Waals surface area contributed by atoms with E-state index < -0.39 is 0 Å². The Hall–Kier alpha value is -4.39. The number of benzene rings is 2. The van der Waals surface area contributed by atoms with Crippen LogP contribution in [0.1, 0.15) is 27.2 Å². The molecule has 2 aromatic carbocycles. The van der Waals surface area contributed by atoms with Gasteiger partial charge in [0.2, 0.25) is 5.88 Å². The summed E-state index contributed by atoms with van der Waals surface area (Å²) in [6.45, 7) is 1.84. The number of anilines is 1. The highest BCUT2D eigenvalue weighted by atomic mass is 16.5. The molecule has 0 radical (unpaired) electrons. The van der Waals surface area contributed by atoms with Gasteiger partial charge >= 0.3 is 0 Å². The molecule has 7 heteroatoms. The fourth-order valence-corrected chi connectivity index (χ4v) is 3.45. The predicted molar refractivity (Wildman–Crippen MR) is 122 cm³/mol. The number of aliphatic imine (C=N–C) groups is 1. The highest BCUT2D eigenvalue weighted by Gasteiger charge is 2.17. The van der Waals surface area contributed by atoms with Crippen LogP contribution < -0.4 is 10.1 Å². The monoisotopic (exact) mass is 421 g/mol. The van der Waals surface area contributed by atoms with Crippen molar-refractivity contribution in [2.45, 2.75) is 13.3 Å².